The molecule has 0 atom stereocenters. The molecule has 144 valence electrons. The lowest BCUT2D eigenvalue weighted by molar-refractivity contribution is 0.0955. The van der Waals surface area contributed by atoms with Gasteiger partial charge in [0.25, 0.3) is 5.91 Å². The van der Waals surface area contributed by atoms with Crippen LogP contribution in [-0.4, -0.2) is 16.7 Å². The molecule has 0 aliphatic carbocycles. The van der Waals surface area contributed by atoms with E-state index >= 15 is 0 Å². The molecule has 5 nitrogen and oxygen atoms in total. The molecule has 2 aromatic heterocycles. The van der Waals surface area contributed by atoms with Crippen molar-refractivity contribution in [1.29, 1.82) is 0 Å². The molecule has 29 heavy (non-hydrogen) atoms. The fourth-order valence-electron chi connectivity index (χ4n) is 2.86. The standard InChI is InChI=1S/C22H15Cl2N3O2/c23-18-8-5-7-17(21(18)24)20-11-10-15(29-20)14-25-26-22(28)16-6-1-2-9-19(16)27-12-3-4-13-27/h1-14H,(H,26,28)/b25-14+. The highest BCUT2D eigenvalue weighted by atomic mass is 35.5. The summed E-state index contributed by atoms with van der Waals surface area (Å²) in [5.74, 6) is 0.702. The Kier molecular flexibility index (Phi) is 5.51. The molecular weight excluding hydrogens is 409 g/mol. The topological polar surface area (TPSA) is 59.5 Å². The number of furan rings is 1. The third kappa shape index (κ3) is 4.11. The Balaban J connectivity index is 1.49. The van der Waals surface area contributed by atoms with Gasteiger partial charge < -0.3 is 8.98 Å². The summed E-state index contributed by atoms with van der Waals surface area (Å²) in [4.78, 5) is 12.6. The minimum atomic E-state index is -0.324. The summed E-state index contributed by atoms with van der Waals surface area (Å²) in [7, 11) is 0. The summed E-state index contributed by atoms with van der Waals surface area (Å²) in [5, 5.41) is 4.87. The van der Waals surface area contributed by atoms with Crippen molar-refractivity contribution in [3.8, 4) is 17.0 Å². The Labute approximate surface area is 177 Å². The molecule has 0 radical (unpaired) electrons. The van der Waals surface area contributed by atoms with Crippen LogP contribution in [0.15, 0.2) is 88.6 Å². The van der Waals surface area contributed by atoms with Crippen LogP contribution >= 0.6 is 23.2 Å². The average Bonchev–Trinajstić information content (AvgIpc) is 3.42. The molecule has 4 rings (SSSR count). The van der Waals surface area contributed by atoms with E-state index in [0.717, 1.165) is 5.69 Å². The summed E-state index contributed by atoms with van der Waals surface area (Å²) >= 11 is 12.3. The van der Waals surface area contributed by atoms with E-state index in [4.69, 9.17) is 27.6 Å². The van der Waals surface area contributed by atoms with Crippen LogP contribution in [0.5, 0.6) is 0 Å². The number of aromatic nitrogens is 1. The molecule has 0 saturated carbocycles. The van der Waals surface area contributed by atoms with Gasteiger partial charge in [-0.2, -0.15) is 5.10 Å². The molecule has 2 aromatic carbocycles. The van der Waals surface area contributed by atoms with E-state index in [0.29, 0.717) is 32.7 Å². The second kappa shape index (κ2) is 8.39. The van der Waals surface area contributed by atoms with Crippen LogP contribution in [0.4, 0.5) is 0 Å². The minimum Gasteiger partial charge on any atom is -0.455 e. The van der Waals surface area contributed by atoms with E-state index in [2.05, 4.69) is 10.5 Å². The average molecular weight is 424 g/mol. The second-order valence-corrected chi connectivity index (χ2v) is 6.90. The van der Waals surface area contributed by atoms with Gasteiger partial charge in [0, 0.05) is 18.0 Å². The lowest BCUT2D eigenvalue weighted by Crippen LogP contribution is -2.19. The zero-order chi connectivity index (χ0) is 20.2. The van der Waals surface area contributed by atoms with Crippen LogP contribution in [0.2, 0.25) is 10.0 Å². The SMILES string of the molecule is O=C(N/N=C/c1ccc(-c2cccc(Cl)c2Cl)o1)c1ccccc1-n1cccc1. The summed E-state index contributed by atoms with van der Waals surface area (Å²) in [6.45, 7) is 0. The molecule has 2 heterocycles. The first-order chi connectivity index (χ1) is 14.1. The number of amides is 1. The van der Waals surface area contributed by atoms with Crippen molar-refractivity contribution in [2.45, 2.75) is 0 Å². The number of nitrogens with zero attached hydrogens (tertiary/aromatic N) is 2. The van der Waals surface area contributed by atoms with Crippen LogP contribution in [0, 0.1) is 0 Å². The number of hydrogen-bond acceptors (Lipinski definition) is 3. The van der Waals surface area contributed by atoms with Gasteiger partial charge in [0.05, 0.1) is 27.5 Å². The Bertz CT molecular complexity index is 1180. The van der Waals surface area contributed by atoms with Crippen molar-refractivity contribution in [2.75, 3.05) is 0 Å². The van der Waals surface area contributed by atoms with Crippen LogP contribution in [0.25, 0.3) is 17.0 Å². The molecule has 0 aliphatic heterocycles. The zero-order valence-corrected chi connectivity index (χ0v) is 16.6. The molecule has 4 aromatic rings. The minimum absolute atomic E-state index is 0.324. The smallest absolute Gasteiger partial charge is 0.273 e. The monoisotopic (exact) mass is 423 g/mol. The van der Waals surface area contributed by atoms with Crippen LogP contribution < -0.4 is 5.43 Å². The van der Waals surface area contributed by atoms with Crippen molar-refractivity contribution < 1.29 is 9.21 Å². The molecule has 0 fully saturated rings. The maximum Gasteiger partial charge on any atom is 0.273 e. The molecule has 0 aliphatic rings. The van der Waals surface area contributed by atoms with E-state index in [-0.39, 0.29) is 5.91 Å². The maximum absolute atomic E-state index is 12.6. The molecule has 0 saturated heterocycles. The number of benzene rings is 2. The first-order valence-electron chi connectivity index (χ1n) is 8.73. The summed E-state index contributed by atoms with van der Waals surface area (Å²) in [5.41, 5.74) is 4.48. The molecule has 1 amide bonds. The van der Waals surface area contributed by atoms with Gasteiger partial charge in [-0.05, 0) is 48.5 Å². The number of nitrogens with one attached hydrogen (secondary N) is 1. The summed E-state index contributed by atoms with van der Waals surface area (Å²) in [6.07, 6.45) is 5.18. The lowest BCUT2D eigenvalue weighted by Gasteiger charge is -2.08. The molecule has 0 spiro atoms. The van der Waals surface area contributed by atoms with Gasteiger partial charge in [0.1, 0.15) is 11.5 Å². The second-order valence-electron chi connectivity index (χ2n) is 6.11. The van der Waals surface area contributed by atoms with Crippen LogP contribution in [-0.2, 0) is 0 Å². The lowest BCUT2D eigenvalue weighted by atomic mass is 10.1. The van der Waals surface area contributed by atoms with Crippen molar-refractivity contribution in [2.24, 2.45) is 5.10 Å². The predicted molar refractivity (Wildman–Crippen MR) is 115 cm³/mol. The number of para-hydroxylation sites is 1. The Morgan fingerprint density at radius 3 is 2.59 bits per heavy atom. The van der Waals surface area contributed by atoms with Crippen molar-refractivity contribution in [3.05, 3.63) is 100 Å². The first kappa shape index (κ1) is 19.1. The van der Waals surface area contributed by atoms with Gasteiger partial charge in [0.15, 0.2) is 0 Å². The Morgan fingerprint density at radius 1 is 0.966 bits per heavy atom. The third-order valence-corrected chi connectivity index (χ3v) is 5.05. The van der Waals surface area contributed by atoms with E-state index < -0.39 is 0 Å². The van der Waals surface area contributed by atoms with Crippen LogP contribution in [0.3, 0.4) is 0 Å². The molecule has 0 unspecified atom stereocenters. The van der Waals surface area contributed by atoms with Gasteiger partial charge in [-0.1, -0.05) is 41.4 Å². The van der Waals surface area contributed by atoms with Gasteiger partial charge in [-0.3, -0.25) is 4.79 Å². The van der Waals surface area contributed by atoms with E-state index in [9.17, 15) is 4.79 Å². The highest BCUT2D eigenvalue weighted by Gasteiger charge is 2.12. The van der Waals surface area contributed by atoms with E-state index in [1.807, 2.05) is 47.3 Å². The number of rotatable bonds is 5. The number of hydrazone groups is 1. The van der Waals surface area contributed by atoms with Gasteiger partial charge in [-0.15, -0.1) is 0 Å². The largest absolute Gasteiger partial charge is 0.455 e. The first-order valence-corrected chi connectivity index (χ1v) is 9.49. The quantitative estimate of drug-likeness (QED) is 0.325. The molecule has 1 N–H and O–H groups in total. The zero-order valence-electron chi connectivity index (χ0n) is 15.0. The summed E-state index contributed by atoms with van der Waals surface area (Å²) in [6, 6.07) is 19.9. The molecule has 0 bridgehead atoms. The highest BCUT2D eigenvalue weighted by molar-refractivity contribution is 6.43. The van der Waals surface area contributed by atoms with E-state index in [1.54, 1.807) is 36.4 Å². The van der Waals surface area contributed by atoms with E-state index in [1.165, 1.54) is 6.21 Å². The normalized spacial score (nSPS) is 11.1. The van der Waals surface area contributed by atoms with Crippen molar-refractivity contribution in [1.82, 2.24) is 9.99 Å². The Morgan fingerprint density at radius 2 is 1.76 bits per heavy atom. The number of halogens is 2. The van der Waals surface area contributed by atoms with Crippen LogP contribution in [0.1, 0.15) is 16.1 Å². The highest BCUT2D eigenvalue weighted by Crippen LogP contribution is 2.34. The number of carbonyl (C=O) groups is 1. The number of carbonyl (C=O) groups excluding carboxylic acids is 1. The Hall–Kier alpha value is -3.28. The maximum atomic E-state index is 12.6. The third-order valence-electron chi connectivity index (χ3n) is 4.23. The fourth-order valence-corrected chi connectivity index (χ4v) is 3.26. The van der Waals surface area contributed by atoms with Gasteiger partial charge in [0.2, 0.25) is 0 Å². The van der Waals surface area contributed by atoms with Crippen molar-refractivity contribution >= 4 is 35.3 Å². The molecular formula is C22H15Cl2N3O2. The molecule has 7 heteroatoms. The summed E-state index contributed by atoms with van der Waals surface area (Å²) < 4.78 is 7.60. The predicted octanol–water partition coefficient (Wildman–Crippen LogP) is 5.81. The van der Waals surface area contributed by atoms with Gasteiger partial charge in [-0.25, -0.2) is 5.43 Å². The fraction of sp³-hybridized carbons (Fsp3) is 0. The van der Waals surface area contributed by atoms with Gasteiger partial charge >= 0.3 is 0 Å². The van der Waals surface area contributed by atoms with Crippen molar-refractivity contribution in [3.63, 3.8) is 0 Å². The number of hydrogen-bond donors (Lipinski definition) is 1.